The molecule has 0 radical (unpaired) electrons. The summed E-state index contributed by atoms with van der Waals surface area (Å²) in [5.74, 6) is -0.910. The molecule has 2 heterocycles. The Balaban J connectivity index is 1.48. The van der Waals surface area contributed by atoms with E-state index in [0.29, 0.717) is 10.9 Å². The van der Waals surface area contributed by atoms with Crippen molar-refractivity contribution in [3.8, 4) is 0 Å². The molecule has 0 saturated heterocycles. The van der Waals surface area contributed by atoms with Gasteiger partial charge in [0.15, 0.2) is 0 Å². The molecule has 7 heteroatoms. The van der Waals surface area contributed by atoms with Crippen LogP contribution in [-0.2, 0) is 11.2 Å². The van der Waals surface area contributed by atoms with Crippen LogP contribution in [0, 0.1) is 0 Å². The maximum Gasteiger partial charge on any atom is 0.270 e. The van der Waals surface area contributed by atoms with Gasteiger partial charge in [0.2, 0.25) is 11.5 Å². The van der Waals surface area contributed by atoms with Crippen LogP contribution < -0.4 is 16.4 Å². The van der Waals surface area contributed by atoms with Crippen molar-refractivity contribution in [1.29, 1.82) is 0 Å². The maximum absolute atomic E-state index is 12.4. The molecular weight excluding hydrogens is 344 g/mol. The molecule has 7 nitrogen and oxygen atoms in total. The Morgan fingerprint density at radius 1 is 0.889 bits per heavy atom. The Morgan fingerprint density at radius 2 is 1.59 bits per heavy atom. The lowest BCUT2D eigenvalue weighted by molar-refractivity contribution is -0.121. The van der Waals surface area contributed by atoms with Crippen molar-refractivity contribution in [1.82, 2.24) is 20.8 Å². The molecule has 27 heavy (non-hydrogen) atoms. The largest absolute Gasteiger partial charge is 0.361 e. The van der Waals surface area contributed by atoms with E-state index < -0.39 is 5.91 Å². The van der Waals surface area contributed by atoms with Gasteiger partial charge in [0, 0.05) is 34.1 Å². The Hall–Kier alpha value is -3.87. The van der Waals surface area contributed by atoms with Crippen LogP contribution in [0.4, 0.5) is 0 Å². The molecule has 0 aliphatic heterocycles. The van der Waals surface area contributed by atoms with Crippen molar-refractivity contribution < 1.29 is 9.59 Å². The van der Waals surface area contributed by atoms with Gasteiger partial charge >= 0.3 is 0 Å². The van der Waals surface area contributed by atoms with Crippen molar-refractivity contribution in [2.45, 2.75) is 6.42 Å². The molecular formula is C20H16N4O3. The summed E-state index contributed by atoms with van der Waals surface area (Å²) in [5, 5.41) is 1.56. The van der Waals surface area contributed by atoms with Crippen molar-refractivity contribution in [3.05, 3.63) is 82.3 Å². The normalized spacial score (nSPS) is 10.8. The Bertz CT molecular complexity index is 1220. The highest BCUT2D eigenvalue weighted by molar-refractivity contribution is 6.06. The SMILES string of the molecule is O=C(Cc1c[nH]c2ccccc12)NNC(=O)c1cc(=O)[nH]c2ccccc12. The summed E-state index contributed by atoms with van der Waals surface area (Å²) in [7, 11) is 0. The van der Waals surface area contributed by atoms with E-state index in [9.17, 15) is 14.4 Å². The van der Waals surface area contributed by atoms with Gasteiger partial charge in [-0.25, -0.2) is 0 Å². The highest BCUT2D eigenvalue weighted by Gasteiger charge is 2.13. The fraction of sp³-hybridized carbons (Fsp3) is 0.0500. The number of hydrogen-bond donors (Lipinski definition) is 4. The fourth-order valence-corrected chi connectivity index (χ4v) is 3.08. The zero-order valence-electron chi connectivity index (χ0n) is 14.2. The number of amides is 2. The third-order valence-corrected chi connectivity index (χ3v) is 4.34. The van der Waals surface area contributed by atoms with Gasteiger partial charge in [-0.05, 0) is 17.7 Å². The third kappa shape index (κ3) is 3.30. The molecule has 0 aliphatic carbocycles. The summed E-state index contributed by atoms with van der Waals surface area (Å²) in [4.78, 5) is 42.2. The number of H-pyrrole nitrogens is 2. The smallest absolute Gasteiger partial charge is 0.270 e. The summed E-state index contributed by atoms with van der Waals surface area (Å²) >= 11 is 0. The number of para-hydroxylation sites is 2. The van der Waals surface area contributed by atoms with Gasteiger partial charge in [-0.1, -0.05) is 36.4 Å². The van der Waals surface area contributed by atoms with E-state index in [1.54, 1.807) is 30.5 Å². The number of hydrazine groups is 1. The minimum Gasteiger partial charge on any atom is -0.361 e. The fourth-order valence-electron chi connectivity index (χ4n) is 3.08. The van der Waals surface area contributed by atoms with Gasteiger partial charge in [0.1, 0.15) is 0 Å². The van der Waals surface area contributed by atoms with Gasteiger partial charge in [0.05, 0.1) is 12.0 Å². The molecule has 2 aromatic heterocycles. The number of aromatic nitrogens is 2. The number of aromatic amines is 2. The average molecular weight is 360 g/mol. The standard InChI is InChI=1S/C20H16N4O3/c25-18-10-15(14-6-2-4-8-17(14)22-18)20(27)24-23-19(26)9-12-11-21-16-7-3-1-5-13(12)16/h1-8,10-11,21H,9H2,(H,22,25)(H,23,26)(H,24,27). The lowest BCUT2D eigenvalue weighted by atomic mass is 10.1. The number of benzene rings is 2. The van der Waals surface area contributed by atoms with E-state index in [-0.39, 0.29) is 23.5 Å². The number of fused-ring (bicyclic) bond motifs is 2. The Kier molecular flexibility index (Phi) is 4.18. The van der Waals surface area contributed by atoms with Crippen molar-refractivity contribution in [2.75, 3.05) is 0 Å². The molecule has 0 fully saturated rings. The Morgan fingerprint density at radius 3 is 2.41 bits per heavy atom. The first-order valence-corrected chi connectivity index (χ1v) is 8.38. The number of nitrogens with one attached hydrogen (secondary N) is 4. The van der Waals surface area contributed by atoms with Gasteiger partial charge in [0.25, 0.3) is 5.91 Å². The van der Waals surface area contributed by atoms with E-state index in [2.05, 4.69) is 20.8 Å². The second kappa shape index (κ2) is 6.80. The second-order valence-electron chi connectivity index (χ2n) is 6.13. The minimum absolute atomic E-state index is 0.112. The van der Waals surface area contributed by atoms with Crippen LogP contribution in [-0.4, -0.2) is 21.8 Å². The lowest BCUT2D eigenvalue weighted by Crippen LogP contribution is -2.42. The predicted octanol–water partition coefficient (Wildman–Crippen LogP) is 2.01. The molecule has 134 valence electrons. The summed E-state index contributed by atoms with van der Waals surface area (Å²) in [6.07, 6.45) is 1.89. The molecule has 2 aromatic carbocycles. The summed E-state index contributed by atoms with van der Waals surface area (Å²) in [6, 6.07) is 15.9. The van der Waals surface area contributed by atoms with Gasteiger partial charge in [-0.3, -0.25) is 25.2 Å². The molecule has 4 N–H and O–H groups in total. The molecule has 0 bridgehead atoms. The van der Waals surface area contributed by atoms with Gasteiger partial charge < -0.3 is 9.97 Å². The number of hydrogen-bond acceptors (Lipinski definition) is 3. The highest BCUT2D eigenvalue weighted by Crippen LogP contribution is 2.18. The maximum atomic E-state index is 12.4. The minimum atomic E-state index is -0.551. The first kappa shape index (κ1) is 16.6. The quantitative estimate of drug-likeness (QED) is 0.420. The number of carbonyl (C=O) groups is 2. The molecule has 4 rings (SSSR count). The Labute approximate surface area is 153 Å². The number of pyridine rings is 1. The predicted molar refractivity (Wildman–Crippen MR) is 102 cm³/mol. The molecule has 4 aromatic rings. The number of carbonyl (C=O) groups excluding carboxylic acids is 2. The topological polar surface area (TPSA) is 107 Å². The van der Waals surface area contributed by atoms with Crippen LogP contribution >= 0.6 is 0 Å². The molecule has 0 spiro atoms. The van der Waals surface area contributed by atoms with Crippen LogP contribution in [0.5, 0.6) is 0 Å². The zero-order chi connectivity index (χ0) is 18.8. The van der Waals surface area contributed by atoms with Crippen molar-refractivity contribution in [2.24, 2.45) is 0 Å². The molecule has 0 atom stereocenters. The summed E-state index contributed by atoms with van der Waals surface area (Å²) < 4.78 is 0. The number of rotatable bonds is 3. The van der Waals surface area contributed by atoms with Crippen LogP contribution in [0.1, 0.15) is 15.9 Å². The average Bonchev–Trinajstić information content (AvgIpc) is 3.08. The van der Waals surface area contributed by atoms with E-state index in [0.717, 1.165) is 16.5 Å². The van der Waals surface area contributed by atoms with E-state index in [4.69, 9.17) is 0 Å². The monoisotopic (exact) mass is 360 g/mol. The van der Waals surface area contributed by atoms with Crippen LogP contribution in [0.25, 0.3) is 21.8 Å². The van der Waals surface area contributed by atoms with Crippen LogP contribution in [0.3, 0.4) is 0 Å². The molecule has 0 aliphatic rings. The van der Waals surface area contributed by atoms with Crippen LogP contribution in [0.15, 0.2) is 65.6 Å². The molecule has 2 amide bonds. The first-order chi connectivity index (χ1) is 13.1. The van der Waals surface area contributed by atoms with E-state index >= 15 is 0 Å². The summed E-state index contributed by atoms with van der Waals surface area (Å²) in [6.45, 7) is 0. The van der Waals surface area contributed by atoms with Crippen molar-refractivity contribution >= 4 is 33.6 Å². The summed E-state index contributed by atoms with van der Waals surface area (Å²) in [5.41, 5.74) is 6.92. The van der Waals surface area contributed by atoms with Gasteiger partial charge in [-0.2, -0.15) is 0 Å². The highest BCUT2D eigenvalue weighted by atomic mass is 16.2. The molecule has 0 saturated carbocycles. The van der Waals surface area contributed by atoms with E-state index in [1.165, 1.54) is 6.07 Å². The third-order valence-electron chi connectivity index (χ3n) is 4.34. The second-order valence-corrected chi connectivity index (χ2v) is 6.13. The van der Waals surface area contributed by atoms with Crippen LogP contribution in [0.2, 0.25) is 0 Å². The lowest BCUT2D eigenvalue weighted by Gasteiger charge is -2.09. The molecule has 0 unspecified atom stereocenters. The zero-order valence-corrected chi connectivity index (χ0v) is 14.2. The van der Waals surface area contributed by atoms with E-state index in [1.807, 2.05) is 24.3 Å². The first-order valence-electron chi connectivity index (χ1n) is 8.38. The van der Waals surface area contributed by atoms with Gasteiger partial charge in [-0.15, -0.1) is 0 Å². The van der Waals surface area contributed by atoms with Crippen molar-refractivity contribution in [3.63, 3.8) is 0 Å².